The quantitative estimate of drug-likeness (QED) is 0.418. The lowest BCUT2D eigenvalue weighted by atomic mass is 10.1. The molecule has 2 rings (SSSR count). The number of anilines is 3. The van der Waals surface area contributed by atoms with Gasteiger partial charge in [-0.05, 0) is 36.8 Å². The summed E-state index contributed by atoms with van der Waals surface area (Å²) in [6.07, 6.45) is -1.25. The van der Waals surface area contributed by atoms with Crippen LogP contribution in [0.15, 0.2) is 36.4 Å². The summed E-state index contributed by atoms with van der Waals surface area (Å²) >= 11 is 0. The van der Waals surface area contributed by atoms with Crippen molar-refractivity contribution in [3.05, 3.63) is 57.9 Å². The minimum Gasteiger partial charge on any atom is -0.465 e. The van der Waals surface area contributed by atoms with E-state index in [1.165, 1.54) is 24.3 Å². The van der Waals surface area contributed by atoms with Gasteiger partial charge in [-0.3, -0.25) is 15.0 Å². The number of rotatable bonds is 6. The highest BCUT2D eigenvalue weighted by Gasteiger charge is 2.25. The van der Waals surface area contributed by atoms with Gasteiger partial charge in [-0.2, -0.15) is 0 Å². The van der Waals surface area contributed by atoms with Crippen molar-refractivity contribution in [2.24, 2.45) is 0 Å². The largest absolute Gasteiger partial charge is 0.465 e. The van der Waals surface area contributed by atoms with Crippen molar-refractivity contribution in [1.29, 1.82) is 0 Å². The summed E-state index contributed by atoms with van der Waals surface area (Å²) < 4.78 is 12.9. The highest BCUT2D eigenvalue weighted by molar-refractivity contribution is 5.95. The first kappa shape index (κ1) is 18.0. The number of halogens is 1. The SMILES string of the molecule is CCN(C(=O)O)c1ccc(NCc2ccc(F)cc2)c([N+](=O)[O-])c1N. The number of nitrogen functional groups attached to an aromatic ring is 1. The van der Waals surface area contributed by atoms with E-state index in [0.29, 0.717) is 0 Å². The van der Waals surface area contributed by atoms with E-state index in [1.54, 1.807) is 19.1 Å². The van der Waals surface area contributed by atoms with E-state index in [2.05, 4.69) is 5.32 Å². The molecule has 0 fully saturated rings. The van der Waals surface area contributed by atoms with Crippen LogP contribution in [0.4, 0.5) is 31.9 Å². The van der Waals surface area contributed by atoms with Gasteiger partial charge < -0.3 is 16.2 Å². The Hall–Kier alpha value is -3.36. The second-order valence-electron chi connectivity index (χ2n) is 5.16. The number of nitrogens with two attached hydrogens (primary N) is 1. The third-order valence-corrected chi connectivity index (χ3v) is 3.61. The van der Waals surface area contributed by atoms with Crippen LogP contribution in [-0.4, -0.2) is 22.7 Å². The monoisotopic (exact) mass is 348 g/mol. The summed E-state index contributed by atoms with van der Waals surface area (Å²) in [5.74, 6) is -0.378. The van der Waals surface area contributed by atoms with Gasteiger partial charge in [0.15, 0.2) is 0 Å². The lowest BCUT2D eigenvalue weighted by molar-refractivity contribution is -0.382. The molecule has 2 aromatic rings. The van der Waals surface area contributed by atoms with Crippen LogP contribution in [0.3, 0.4) is 0 Å². The number of amides is 1. The minimum absolute atomic E-state index is 0.0500. The summed E-state index contributed by atoms with van der Waals surface area (Å²) in [4.78, 5) is 22.9. The van der Waals surface area contributed by atoms with E-state index in [9.17, 15) is 24.4 Å². The topological polar surface area (TPSA) is 122 Å². The Balaban J connectivity index is 2.35. The molecule has 0 spiro atoms. The first-order valence-corrected chi connectivity index (χ1v) is 7.40. The van der Waals surface area contributed by atoms with Gasteiger partial charge in [-0.15, -0.1) is 0 Å². The van der Waals surface area contributed by atoms with E-state index in [-0.39, 0.29) is 36.0 Å². The molecule has 0 atom stereocenters. The predicted octanol–water partition coefficient (Wildman–Crippen LogP) is 3.43. The molecule has 0 aliphatic heterocycles. The van der Waals surface area contributed by atoms with Crippen LogP contribution in [0.2, 0.25) is 0 Å². The Morgan fingerprint density at radius 1 is 1.32 bits per heavy atom. The first-order valence-electron chi connectivity index (χ1n) is 7.40. The fourth-order valence-electron chi connectivity index (χ4n) is 2.38. The van der Waals surface area contributed by atoms with Crippen molar-refractivity contribution in [2.75, 3.05) is 22.5 Å². The average molecular weight is 348 g/mol. The van der Waals surface area contributed by atoms with Crippen LogP contribution in [0.1, 0.15) is 12.5 Å². The number of hydrogen-bond donors (Lipinski definition) is 3. The molecule has 9 heteroatoms. The van der Waals surface area contributed by atoms with E-state index in [0.717, 1.165) is 10.5 Å². The lowest BCUT2D eigenvalue weighted by Crippen LogP contribution is -2.29. The fraction of sp³-hybridized carbons (Fsp3) is 0.188. The zero-order valence-electron chi connectivity index (χ0n) is 13.4. The van der Waals surface area contributed by atoms with Gasteiger partial charge >= 0.3 is 11.8 Å². The number of benzene rings is 2. The number of nitro groups is 1. The highest BCUT2D eigenvalue weighted by Crippen LogP contribution is 2.38. The van der Waals surface area contributed by atoms with Gasteiger partial charge in [0, 0.05) is 13.1 Å². The summed E-state index contributed by atoms with van der Waals surface area (Å²) in [7, 11) is 0. The molecule has 0 unspecified atom stereocenters. The van der Waals surface area contributed by atoms with Gasteiger partial charge in [0.25, 0.3) is 0 Å². The van der Waals surface area contributed by atoms with Crippen LogP contribution >= 0.6 is 0 Å². The standard InChI is InChI=1S/C16H17FN4O4/c1-2-20(16(22)23)13-8-7-12(15(14(13)18)21(24)25)19-9-10-3-5-11(17)6-4-10/h3-8,19H,2,9,18H2,1H3,(H,22,23). The molecule has 0 heterocycles. The number of nitro benzene ring substituents is 1. The molecule has 0 saturated carbocycles. The van der Waals surface area contributed by atoms with Crippen molar-refractivity contribution in [3.8, 4) is 0 Å². The normalized spacial score (nSPS) is 10.3. The van der Waals surface area contributed by atoms with E-state index in [4.69, 9.17) is 5.73 Å². The van der Waals surface area contributed by atoms with E-state index < -0.39 is 16.7 Å². The first-order chi connectivity index (χ1) is 11.8. The van der Waals surface area contributed by atoms with Crippen LogP contribution < -0.4 is 16.0 Å². The molecule has 2 aromatic carbocycles. The lowest BCUT2D eigenvalue weighted by Gasteiger charge is -2.20. The van der Waals surface area contributed by atoms with Crippen molar-refractivity contribution in [1.82, 2.24) is 0 Å². The summed E-state index contributed by atoms with van der Waals surface area (Å²) in [6.45, 7) is 1.91. The predicted molar refractivity (Wildman–Crippen MR) is 92.3 cm³/mol. The van der Waals surface area contributed by atoms with Crippen LogP contribution in [0, 0.1) is 15.9 Å². The fourth-order valence-corrected chi connectivity index (χ4v) is 2.38. The maximum absolute atomic E-state index is 12.9. The highest BCUT2D eigenvalue weighted by atomic mass is 19.1. The Labute approximate surface area is 142 Å². The molecular formula is C16H17FN4O4. The van der Waals surface area contributed by atoms with Gasteiger partial charge in [0.1, 0.15) is 17.2 Å². The maximum Gasteiger partial charge on any atom is 0.411 e. The number of nitrogens with one attached hydrogen (secondary N) is 1. The van der Waals surface area contributed by atoms with Crippen LogP contribution in [-0.2, 0) is 6.54 Å². The van der Waals surface area contributed by atoms with E-state index in [1.807, 2.05) is 0 Å². The number of nitrogens with zero attached hydrogens (tertiary/aromatic N) is 2. The molecular weight excluding hydrogens is 331 g/mol. The van der Waals surface area contributed by atoms with Crippen molar-refractivity contribution in [3.63, 3.8) is 0 Å². The third-order valence-electron chi connectivity index (χ3n) is 3.61. The van der Waals surface area contributed by atoms with Crippen LogP contribution in [0.25, 0.3) is 0 Å². The van der Waals surface area contributed by atoms with Gasteiger partial charge in [0.2, 0.25) is 0 Å². The van der Waals surface area contributed by atoms with E-state index >= 15 is 0 Å². The number of hydrogen-bond acceptors (Lipinski definition) is 5. The smallest absolute Gasteiger partial charge is 0.411 e. The minimum atomic E-state index is -1.25. The number of carboxylic acid groups (broad SMARTS) is 1. The summed E-state index contributed by atoms with van der Waals surface area (Å²) in [5, 5.41) is 23.5. The van der Waals surface area contributed by atoms with Crippen LogP contribution in [0.5, 0.6) is 0 Å². The molecule has 0 saturated heterocycles. The maximum atomic E-state index is 12.9. The molecule has 1 amide bonds. The molecule has 4 N–H and O–H groups in total. The van der Waals surface area contributed by atoms with Crippen molar-refractivity contribution < 1.29 is 19.2 Å². The molecule has 8 nitrogen and oxygen atoms in total. The third kappa shape index (κ3) is 3.94. The zero-order valence-corrected chi connectivity index (χ0v) is 13.4. The van der Waals surface area contributed by atoms with Crippen molar-refractivity contribution >= 4 is 28.8 Å². The van der Waals surface area contributed by atoms with Gasteiger partial charge in [0.05, 0.1) is 10.6 Å². The molecule has 0 aliphatic rings. The second kappa shape index (κ2) is 7.47. The van der Waals surface area contributed by atoms with Gasteiger partial charge in [-0.1, -0.05) is 12.1 Å². The summed E-state index contributed by atoms with van der Waals surface area (Å²) in [5.41, 5.74) is 6.13. The summed E-state index contributed by atoms with van der Waals surface area (Å²) in [6, 6.07) is 8.49. The molecule has 132 valence electrons. The number of carbonyl (C=O) groups is 1. The molecule has 25 heavy (non-hydrogen) atoms. The van der Waals surface area contributed by atoms with Gasteiger partial charge in [-0.25, -0.2) is 9.18 Å². The molecule has 0 aliphatic carbocycles. The zero-order chi connectivity index (χ0) is 18.6. The Bertz CT molecular complexity index is 795. The Kier molecular flexibility index (Phi) is 5.38. The van der Waals surface area contributed by atoms with Crippen molar-refractivity contribution in [2.45, 2.75) is 13.5 Å². The molecule has 0 radical (unpaired) electrons. The molecule has 0 bridgehead atoms. The Morgan fingerprint density at radius 3 is 2.48 bits per heavy atom. The molecule has 0 aromatic heterocycles. The average Bonchev–Trinajstić information content (AvgIpc) is 2.56. The Morgan fingerprint density at radius 2 is 1.96 bits per heavy atom. The second-order valence-corrected chi connectivity index (χ2v) is 5.16.